The first kappa shape index (κ1) is 15.8. The smallest absolute Gasteiger partial charge is 0.263 e. The van der Waals surface area contributed by atoms with Crippen LogP contribution in [0, 0.1) is 6.92 Å². The summed E-state index contributed by atoms with van der Waals surface area (Å²) in [7, 11) is 0. The standard InChI is InChI=1S/C16H25N3O2/c1-11(17)10-14-15(7-6-12(2)18-14)21-13(3)16(20)19-8-4-5-9-19/h6-7,11,13H,4-5,8-10,17H2,1-3H3. The van der Waals surface area contributed by atoms with E-state index in [4.69, 9.17) is 10.5 Å². The summed E-state index contributed by atoms with van der Waals surface area (Å²) in [5.41, 5.74) is 7.62. The van der Waals surface area contributed by atoms with Crippen molar-refractivity contribution < 1.29 is 9.53 Å². The zero-order valence-electron chi connectivity index (χ0n) is 13.1. The van der Waals surface area contributed by atoms with Crippen molar-refractivity contribution >= 4 is 5.91 Å². The van der Waals surface area contributed by atoms with E-state index >= 15 is 0 Å². The third-order valence-corrected chi connectivity index (χ3v) is 3.66. The second-order valence-electron chi connectivity index (χ2n) is 5.87. The number of nitrogens with zero attached hydrogens (tertiary/aromatic N) is 2. The van der Waals surface area contributed by atoms with Gasteiger partial charge in [0, 0.05) is 31.2 Å². The van der Waals surface area contributed by atoms with Crippen LogP contribution in [0.3, 0.4) is 0 Å². The molecule has 1 aromatic rings. The van der Waals surface area contributed by atoms with Crippen LogP contribution in [0.1, 0.15) is 38.1 Å². The van der Waals surface area contributed by atoms with Gasteiger partial charge in [0.15, 0.2) is 6.10 Å². The minimum Gasteiger partial charge on any atom is -0.479 e. The lowest BCUT2D eigenvalue weighted by Gasteiger charge is -2.22. The molecule has 0 radical (unpaired) electrons. The lowest BCUT2D eigenvalue weighted by atomic mass is 10.1. The van der Waals surface area contributed by atoms with Gasteiger partial charge in [-0.15, -0.1) is 0 Å². The van der Waals surface area contributed by atoms with Gasteiger partial charge in [0.05, 0.1) is 5.69 Å². The van der Waals surface area contributed by atoms with E-state index in [2.05, 4.69) is 4.98 Å². The van der Waals surface area contributed by atoms with Crippen molar-refractivity contribution in [2.75, 3.05) is 13.1 Å². The molecule has 0 spiro atoms. The molecule has 21 heavy (non-hydrogen) atoms. The molecule has 1 saturated heterocycles. The largest absolute Gasteiger partial charge is 0.479 e. The lowest BCUT2D eigenvalue weighted by molar-refractivity contribution is -0.136. The van der Waals surface area contributed by atoms with Crippen LogP contribution >= 0.6 is 0 Å². The van der Waals surface area contributed by atoms with Gasteiger partial charge in [-0.25, -0.2) is 0 Å². The fraction of sp³-hybridized carbons (Fsp3) is 0.625. The number of carbonyl (C=O) groups is 1. The molecule has 2 atom stereocenters. The van der Waals surface area contributed by atoms with Gasteiger partial charge in [-0.3, -0.25) is 9.78 Å². The van der Waals surface area contributed by atoms with Crippen molar-refractivity contribution in [2.45, 2.75) is 52.2 Å². The fourth-order valence-electron chi connectivity index (χ4n) is 2.59. The molecule has 1 aliphatic rings. The van der Waals surface area contributed by atoms with Crippen molar-refractivity contribution in [3.63, 3.8) is 0 Å². The van der Waals surface area contributed by atoms with Crippen LogP contribution in [0.4, 0.5) is 0 Å². The summed E-state index contributed by atoms with van der Waals surface area (Å²) in [5, 5.41) is 0. The van der Waals surface area contributed by atoms with E-state index in [-0.39, 0.29) is 11.9 Å². The number of ether oxygens (including phenoxy) is 1. The molecule has 2 unspecified atom stereocenters. The third-order valence-electron chi connectivity index (χ3n) is 3.66. The summed E-state index contributed by atoms with van der Waals surface area (Å²) >= 11 is 0. The van der Waals surface area contributed by atoms with Crippen LogP contribution in [0.15, 0.2) is 12.1 Å². The number of nitrogens with two attached hydrogens (primary N) is 1. The van der Waals surface area contributed by atoms with E-state index < -0.39 is 6.10 Å². The summed E-state index contributed by atoms with van der Waals surface area (Å²) in [6, 6.07) is 3.78. The molecule has 2 N–H and O–H groups in total. The lowest BCUT2D eigenvalue weighted by Crippen LogP contribution is -2.38. The molecule has 1 amide bonds. The van der Waals surface area contributed by atoms with Crippen molar-refractivity contribution in [3.05, 3.63) is 23.5 Å². The van der Waals surface area contributed by atoms with Crippen LogP contribution in [-0.4, -0.2) is 41.0 Å². The Labute approximate surface area is 126 Å². The Hall–Kier alpha value is -1.62. The van der Waals surface area contributed by atoms with Gasteiger partial charge >= 0.3 is 0 Å². The van der Waals surface area contributed by atoms with Crippen LogP contribution in [-0.2, 0) is 11.2 Å². The topological polar surface area (TPSA) is 68.5 Å². The molecule has 2 rings (SSSR count). The Kier molecular flexibility index (Phi) is 5.17. The van der Waals surface area contributed by atoms with Gasteiger partial charge in [-0.05, 0) is 45.7 Å². The van der Waals surface area contributed by atoms with Gasteiger partial charge < -0.3 is 15.4 Å². The van der Waals surface area contributed by atoms with Crippen LogP contribution < -0.4 is 10.5 Å². The van der Waals surface area contributed by atoms with Crippen molar-refractivity contribution in [3.8, 4) is 5.75 Å². The number of carbonyl (C=O) groups excluding carboxylic acids is 1. The number of pyridine rings is 1. The Morgan fingerprint density at radius 1 is 1.38 bits per heavy atom. The molecular weight excluding hydrogens is 266 g/mol. The molecule has 0 aliphatic carbocycles. The summed E-state index contributed by atoms with van der Waals surface area (Å²) < 4.78 is 5.87. The average Bonchev–Trinajstić information content (AvgIpc) is 2.94. The number of hydrogen-bond donors (Lipinski definition) is 1. The third kappa shape index (κ3) is 4.17. The van der Waals surface area contributed by atoms with Gasteiger partial charge in [0.1, 0.15) is 5.75 Å². The average molecular weight is 291 g/mol. The van der Waals surface area contributed by atoms with Crippen molar-refractivity contribution in [1.82, 2.24) is 9.88 Å². The Morgan fingerprint density at radius 3 is 2.67 bits per heavy atom. The highest BCUT2D eigenvalue weighted by Gasteiger charge is 2.25. The second-order valence-corrected chi connectivity index (χ2v) is 5.87. The summed E-state index contributed by atoms with van der Waals surface area (Å²) in [5.74, 6) is 0.720. The first-order chi connectivity index (χ1) is 9.97. The van der Waals surface area contributed by atoms with Crippen LogP contribution in [0.25, 0.3) is 0 Å². The van der Waals surface area contributed by atoms with E-state index in [1.165, 1.54) is 0 Å². The molecule has 1 fully saturated rings. The van der Waals surface area contributed by atoms with Gasteiger partial charge in [-0.2, -0.15) is 0 Å². The Balaban J connectivity index is 2.08. The van der Waals surface area contributed by atoms with Gasteiger partial charge in [0.2, 0.25) is 0 Å². The molecule has 0 aromatic carbocycles. The van der Waals surface area contributed by atoms with E-state index in [1.807, 2.05) is 30.9 Å². The number of likely N-dealkylation sites (tertiary alicyclic amines) is 1. The predicted octanol–water partition coefficient (Wildman–Crippen LogP) is 1.67. The summed E-state index contributed by atoms with van der Waals surface area (Å²) in [6.45, 7) is 7.35. The monoisotopic (exact) mass is 291 g/mol. The maximum atomic E-state index is 12.3. The second kappa shape index (κ2) is 6.89. The quantitative estimate of drug-likeness (QED) is 0.896. The molecule has 5 nitrogen and oxygen atoms in total. The molecule has 5 heteroatoms. The number of aromatic nitrogens is 1. The first-order valence-corrected chi connectivity index (χ1v) is 7.65. The highest BCUT2D eigenvalue weighted by atomic mass is 16.5. The van der Waals surface area contributed by atoms with Gasteiger partial charge in [-0.1, -0.05) is 0 Å². The minimum atomic E-state index is -0.487. The van der Waals surface area contributed by atoms with E-state index in [9.17, 15) is 4.79 Å². The van der Waals surface area contributed by atoms with E-state index in [1.54, 1.807) is 6.92 Å². The highest BCUT2D eigenvalue weighted by Crippen LogP contribution is 2.21. The maximum Gasteiger partial charge on any atom is 0.263 e. The predicted molar refractivity (Wildman–Crippen MR) is 82.2 cm³/mol. The number of hydrogen-bond acceptors (Lipinski definition) is 4. The highest BCUT2D eigenvalue weighted by molar-refractivity contribution is 5.81. The molecular formula is C16H25N3O2. The fourth-order valence-corrected chi connectivity index (χ4v) is 2.59. The number of amides is 1. The Morgan fingerprint density at radius 2 is 2.05 bits per heavy atom. The summed E-state index contributed by atoms with van der Waals surface area (Å²) in [6.07, 6.45) is 2.32. The maximum absolute atomic E-state index is 12.3. The molecule has 116 valence electrons. The summed E-state index contributed by atoms with van der Waals surface area (Å²) in [4.78, 5) is 18.7. The zero-order valence-corrected chi connectivity index (χ0v) is 13.1. The number of aryl methyl sites for hydroxylation is 1. The molecule has 2 heterocycles. The van der Waals surface area contributed by atoms with E-state index in [0.29, 0.717) is 12.2 Å². The molecule has 0 bridgehead atoms. The van der Waals surface area contributed by atoms with Gasteiger partial charge in [0.25, 0.3) is 5.91 Å². The molecule has 0 saturated carbocycles. The zero-order chi connectivity index (χ0) is 15.4. The van der Waals surface area contributed by atoms with Crippen LogP contribution in [0.2, 0.25) is 0 Å². The SMILES string of the molecule is Cc1ccc(OC(C)C(=O)N2CCCC2)c(CC(C)N)n1. The minimum absolute atomic E-state index is 0.00578. The molecule has 1 aromatic heterocycles. The Bertz CT molecular complexity index is 496. The van der Waals surface area contributed by atoms with Crippen molar-refractivity contribution in [2.24, 2.45) is 5.73 Å². The van der Waals surface area contributed by atoms with Crippen molar-refractivity contribution in [1.29, 1.82) is 0 Å². The van der Waals surface area contributed by atoms with E-state index in [0.717, 1.165) is 37.3 Å². The normalized spacial score (nSPS) is 17.6. The first-order valence-electron chi connectivity index (χ1n) is 7.65. The van der Waals surface area contributed by atoms with Crippen LogP contribution in [0.5, 0.6) is 5.75 Å². The number of rotatable bonds is 5. The molecule has 1 aliphatic heterocycles.